The molecule has 0 atom stereocenters. The van der Waals surface area contributed by atoms with Gasteiger partial charge in [-0.15, -0.1) is 16.8 Å². The fourth-order valence-electron chi connectivity index (χ4n) is 2.77. The highest BCUT2D eigenvalue weighted by atomic mass is 35.5. The molecule has 0 saturated heterocycles. The van der Waals surface area contributed by atoms with Crippen LogP contribution in [-0.4, -0.2) is 32.3 Å². The topological polar surface area (TPSA) is 88.9 Å². The van der Waals surface area contributed by atoms with Crippen LogP contribution >= 0.6 is 35.0 Å². The number of nitrogens with one attached hydrogen (secondary N) is 2. The highest BCUT2D eigenvalue weighted by Gasteiger charge is 2.14. The zero-order valence-electron chi connectivity index (χ0n) is 17.8. The normalized spacial score (nSPS) is 10.9. The van der Waals surface area contributed by atoms with Crippen molar-refractivity contribution in [2.45, 2.75) is 18.2 Å². The smallest absolute Gasteiger partial charge is 0.244 e. The van der Waals surface area contributed by atoms with Gasteiger partial charge in [0, 0.05) is 23.3 Å². The van der Waals surface area contributed by atoms with Crippen molar-refractivity contribution in [3.8, 4) is 0 Å². The van der Waals surface area contributed by atoms with Crippen molar-refractivity contribution in [3.63, 3.8) is 0 Å². The van der Waals surface area contributed by atoms with E-state index in [-0.39, 0.29) is 29.1 Å². The molecule has 0 spiro atoms. The molecule has 0 bridgehead atoms. The van der Waals surface area contributed by atoms with Crippen LogP contribution in [-0.2, 0) is 22.7 Å². The third-order valence-corrected chi connectivity index (χ3v) is 5.98. The highest BCUT2D eigenvalue weighted by Crippen LogP contribution is 2.21. The van der Waals surface area contributed by atoms with Crippen LogP contribution in [0.1, 0.15) is 11.4 Å². The molecule has 0 saturated carbocycles. The largest absolute Gasteiger partial charge is 0.345 e. The van der Waals surface area contributed by atoms with Gasteiger partial charge in [-0.25, -0.2) is 4.39 Å². The van der Waals surface area contributed by atoms with Crippen molar-refractivity contribution < 1.29 is 14.0 Å². The molecule has 3 rings (SSSR count). The number of nitrogens with zero attached hydrogens (tertiary/aromatic N) is 3. The molecular formula is C23H20Cl2FN5O2S. The minimum atomic E-state index is -0.564. The first-order valence-electron chi connectivity index (χ1n) is 9.98. The molecule has 2 amide bonds. The molecule has 1 heterocycles. The monoisotopic (exact) mass is 519 g/mol. The minimum absolute atomic E-state index is 0.0389. The summed E-state index contributed by atoms with van der Waals surface area (Å²) in [4.78, 5) is 24.5. The summed E-state index contributed by atoms with van der Waals surface area (Å²) < 4.78 is 15.0. The minimum Gasteiger partial charge on any atom is -0.345 e. The lowest BCUT2D eigenvalue weighted by molar-refractivity contribution is -0.116. The summed E-state index contributed by atoms with van der Waals surface area (Å²) >= 11 is 13.0. The Hall–Kier alpha value is -3.14. The van der Waals surface area contributed by atoms with Crippen LogP contribution in [0, 0.1) is 5.82 Å². The van der Waals surface area contributed by atoms with Gasteiger partial charge in [0.15, 0.2) is 11.0 Å². The van der Waals surface area contributed by atoms with Gasteiger partial charge in [0.25, 0.3) is 0 Å². The van der Waals surface area contributed by atoms with Gasteiger partial charge in [-0.3, -0.25) is 9.59 Å². The molecule has 7 nitrogen and oxygen atoms in total. The molecule has 2 N–H and O–H groups in total. The van der Waals surface area contributed by atoms with Gasteiger partial charge in [-0.05, 0) is 35.9 Å². The van der Waals surface area contributed by atoms with Crippen LogP contribution in [0.25, 0.3) is 6.08 Å². The predicted molar refractivity (Wildman–Crippen MR) is 133 cm³/mol. The van der Waals surface area contributed by atoms with Crippen molar-refractivity contribution >= 4 is 58.5 Å². The van der Waals surface area contributed by atoms with Crippen molar-refractivity contribution in [3.05, 3.63) is 88.4 Å². The standard InChI is InChI=1S/C23H20Cl2FN5O2S/c1-2-11-31-20(13-27-21(32)10-7-15-5-3-4-6-17(15)24)29-30-23(31)34-14-22(33)28-16-8-9-19(26)18(25)12-16/h2-10,12H,1,11,13-14H2,(H,27,32)(H,28,33). The summed E-state index contributed by atoms with van der Waals surface area (Å²) in [5.74, 6) is -0.657. The maximum atomic E-state index is 13.3. The van der Waals surface area contributed by atoms with Crippen molar-refractivity contribution in [1.82, 2.24) is 20.1 Å². The van der Waals surface area contributed by atoms with E-state index in [2.05, 4.69) is 27.4 Å². The highest BCUT2D eigenvalue weighted by molar-refractivity contribution is 7.99. The maximum absolute atomic E-state index is 13.3. The molecule has 3 aromatic rings. The van der Waals surface area contributed by atoms with E-state index < -0.39 is 5.82 Å². The number of aromatic nitrogens is 3. The van der Waals surface area contributed by atoms with E-state index in [0.717, 1.165) is 5.56 Å². The molecule has 176 valence electrons. The van der Waals surface area contributed by atoms with Gasteiger partial charge in [-0.1, -0.05) is 59.2 Å². The Morgan fingerprint density at radius 2 is 1.94 bits per heavy atom. The summed E-state index contributed by atoms with van der Waals surface area (Å²) in [5, 5.41) is 14.6. The average molecular weight is 520 g/mol. The second-order valence-corrected chi connectivity index (χ2v) is 8.59. The zero-order valence-corrected chi connectivity index (χ0v) is 20.1. The first-order chi connectivity index (χ1) is 16.4. The fraction of sp³-hybridized carbons (Fsp3) is 0.130. The summed E-state index contributed by atoms with van der Waals surface area (Å²) in [5.41, 5.74) is 1.12. The van der Waals surface area contributed by atoms with Gasteiger partial charge < -0.3 is 15.2 Å². The molecule has 11 heteroatoms. The Morgan fingerprint density at radius 1 is 1.15 bits per heavy atom. The number of anilines is 1. The molecular weight excluding hydrogens is 500 g/mol. The third-order valence-electron chi connectivity index (χ3n) is 4.38. The van der Waals surface area contributed by atoms with Crippen LogP contribution in [0.3, 0.4) is 0 Å². The molecule has 0 radical (unpaired) electrons. The third kappa shape index (κ3) is 7.18. The van der Waals surface area contributed by atoms with Gasteiger partial charge in [0.05, 0.1) is 17.3 Å². The van der Waals surface area contributed by atoms with Crippen LogP contribution in [0.5, 0.6) is 0 Å². The molecule has 0 fully saturated rings. The predicted octanol–water partition coefficient (Wildman–Crippen LogP) is 4.97. The SMILES string of the molecule is C=CCn1c(CNC(=O)C=Cc2ccccc2Cl)nnc1SCC(=O)Nc1ccc(F)c(Cl)c1. The lowest BCUT2D eigenvalue weighted by atomic mass is 10.2. The van der Waals surface area contributed by atoms with E-state index in [1.54, 1.807) is 28.9 Å². The number of thioether (sulfide) groups is 1. The number of hydrogen-bond acceptors (Lipinski definition) is 5. The van der Waals surface area contributed by atoms with E-state index in [4.69, 9.17) is 23.2 Å². The summed E-state index contributed by atoms with van der Waals surface area (Å²) in [6.07, 6.45) is 4.67. The second kappa shape index (κ2) is 12.4. The quantitative estimate of drug-likeness (QED) is 0.224. The number of amides is 2. The maximum Gasteiger partial charge on any atom is 0.244 e. The fourth-order valence-corrected chi connectivity index (χ4v) is 3.92. The molecule has 0 unspecified atom stereocenters. The Labute approximate surface area is 210 Å². The number of carbonyl (C=O) groups excluding carboxylic acids is 2. The first-order valence-corrected chi connectivity index (χ1v) is 11.7. The molecule has 0 aliphatic heterocycles. The van der Waals surface area contributed by atoms with Crippen molar-refractivity contribution in [1.29, 1.82) is 0 Å². The Morgan fingerprint density at radius 3 is 2.68 bits per heavy atom. The lowest BCUT2D eigenvalue weighted by Gasteiger charge is -2.09. The molecule has 34 heavy (non-hydrogen) atoms. The van der Waals surface area contributed by atoms with Crippen LogP contribution < -0.4 is 10.6 Å². The zero-order chi connectivity index (χ0) is 24.5. The summed E-state index contributed by atoms with van der Waals surface area (Å²) in [6.45, 7) is 4.26. The number of benzene rings is 2. The molecule has 2 aromatic carbocycles. The molecule has 0 aliphatic carbocycles. The van der Waals surface area contributed by atoms with E-state index >= 15 is 0 Å². The van der Waals surface area contributed by atoms with E-state index in [9.17, 15) is 14.0 Å². The van der Waals surface area contributed by atoms with Crippen LogP contribution in [0.4, 0.5) is 10.1 Å². The summed E-state index contributed by atoms with van der Waals surface area (Å²) in [6, 6.07) is 11.1. The van der Waals surface area contributed by atoms with Crippen molar-refractivity contribution in [2.75, 3.05) is 11.1 Å². The molecule has 0 aliphatic rings. The van der Waals surface area contributed by atoms with Gasteiger partial charge in [0.2, 0.25) is 11.8 Å². The number of hydrogen-bond donors (Lipinski definition) is 2. The number of allylic oxidation sites excluding steroid dienone is 1. The first kappa shape index (κ1) is 25.5. The van der Waals surface area contributed by atoms with E-state index in [1.807, 2.05) is 12.1 Å². The molecule has 1 aromatic heterocycles. The van der Waals surface area contributed by atoms with Gasteiger partial charge in [-0.2, -0.15) is 0 Å². The average Bonchev–Trinajstić information content (AvgIpc) is 3.20. The lowest BCUT2D eigenvalue weighted by Crippen LogP contribution is -2.23. The van der Waals surface area contributed by atoms with Crippen LogP contribution in [0.15, 0.2) is 66.4 Å². The van der Waals surface area contributed by atoms with Crippen LogP contribution in [0.2, 0.25) is 10.0 Å². The van der Waals surface area contributed by atoms with E-state index in [0.29, 0.717) is 28.2 Å². The second-order valence-electron chi connectivity index (χ2n) is 6.84. The summed E-state index contributed by atoms with van der Waals surface area (Å²) in [7, 11) is 0. The number of carbonyl (C=O) groups is 2. The Bertz CT molecular complexity index is 1230. The van der Waals surface area contributed by atoms with E-state index in [1.165, 1.54) is 36.0 Å². The van der Waals surface area contributed by atoms with Crippen molar-refractivity contribution in [2.24, 2.45) is 0 Å². The number of halogens is 3. The van der Waals surface area contributed by atoms with Gasteiger partial charge >= 0.3 is 0 Å². The Kier molecular flexibility index (Phi) is 9.26. The Balaban J connectivity index is 1.57. The van der Waals surface area contributed by atoms with Gasteiger partial charge in [0.1, 0.15) is 5.82 Å². The number of rotatable bonds is 10.